The van der Waals surface area contributed by atoms with Crippen molar-refractivity contribution in [3.05, 3.63) is 98.9 Å². The molecule has 0 N–H and O–H groups in total. The van der Waals surface area contributed by atoms with Crippen molar-refractivity contribution in [2.45, 2.75) is 0 Å². The Kier molecular flexibility index (Phi) is 6.47. The van der Waals surface area contributed by atoms with E-state index in [4.69, 9.17) is 0 Å². The van der Waals surface area contributed by atoms with E-state index in [-0.39, 0.29) is 0 Å². The highest BCUT2D eigenvalue weighted by Crippen LogP contribution is 2.28. The molecule has 3 rings (SSSR count). The van der Waals surface area contributed by atoms with E-state index in [1.165, 1.54) is 27.8 Å². The molecule has 3 aromatic carbocycles. The van der Waals surface area contributed by atoms with Gasteiger partial charge in [0.2, 0.25) is 0 Å². The standard InChI is InChI=1S/C23H21Br2N/c1-26(2)16-15-23(20-9-13-22(25)14-10-20)19-5-3-17(4-6-19)18-7-11-21(24)12-8-18/h3-15H,16H2,1-2H3/b23-15-. The summed E-state index contributed by atoms with van der Waals surface area (Å²) in [6, 6.07) is 25.7. The summed E-state index contributed by atoms with van der Waals surface area (Å²) in [7, 11) is 4.18. The lowest BCUT2D eigenvalue weighted by molar-refractivity contribution is 0.457. The molecule has 0 heterocycles. The maximum Gasteiger partial charge on any atom is 0.0175 e. The van der Waals surface area contributed by atoms with Crippen LogP contribution in [0.25, 0.3) is 16.7 Å². The van der Waals surface area contributed by atoms with Crippen molar-refractivity contribution in [1.29, 1.82) is 0 Å². The summed E-state index contributed by atoms with van der Waals surface area (Å²) in [5, 5.41) is 0. The lowest BCUT2D eigenvalue weighted by Crippen LogP contribution is -2.11. The zero-order valence-electron chi connectivity index (χ0n) is 14.9. The molecule has 0 aliphatic heterocycles. The summed E-state index contributed by atoms with van der Waals surface area (Å²) in [5.74, 6) is 0. The van der Waals surface area contributed by atoms with Gasteiger partial charge in [-0.25, -0.2) is 0 Å². The average Bonchev–Trinajstić information content (AvgIpc) is 2.64. The fraction of sp³-hybridized carbons (Fsp3) is 0.130. The van der Waals surface area contributed by atoms with Crippen LogP contribution in [0.3, 0.4) is 0 Å². The van der Waals surface area contributed by atoms with Crippen LogP contribution in [-0.2, 0) is 0 Å². The maximum absolute atomic E-state index is 3.52. The Morgan fingerprint density at radius 3 is 1.54 bits per heavy atom. The van der Waals surface area contributed by atoms with Crippen LogP contribution < -0.4 is 0 Å². The van der Waals surface area contributed by atoms with Gasteiger partial charge in [0, 0.05) is 15.5 Å². The highest BCUT2D eigenvalue weighted by molar-refractivity contribution is 9.10. The van der Waals surface area contributed by atoms with E-state index in [0.29, 0.717) is 0 Å². The van der Waals surface area contributed by atoms with Crippen LogP contribution in [0.4, 0.5) is 0 Å². The molecule has 0 saturated carbocycles. The van der Waals surface area contributed by atoms with Crippen LogP contribution in [0, 0.1) is 0 Å². The normalized spacial score (nSPS) is 11.8. The van der Waals surface area contributed by atoms with Gasteiger partial charge < -0.3 is 4.90 Å². The first-order chi connectivity index (χ1) is 12.5. The van der Waals surface area contributed by atoms with Crippen LogP contribution in [0.2, 0.25) is 0 Å². The van der Waals surface area contributed by atoms with Gasteiger partial charge in [0.1, 0.15) is 0 Å². The Morgan fingerprint density at radius 1 is 0.692 bits per heavy atom. The summed E-state index contributed by atoms with van der Waals surface area (Å²) >= 11 is 7.02. The van der Waals surface area contributed by atoms with E-state index in [2.05, 4.69) is 130 Å². The molecule has 0 amide bonds. The van der Waals surface area contributed by atoms with Crippen LogP contribution in [0.1, 0.15) is 11.1 Å². The van der Waals surface area contributed by atoms with Crippen molar-refractivity contribution in [3.63, 3.8) is 0 Å². The fourth-order valence-electron chi connectivity index (χ4n) is 2.79. The van der Waals surface area contributed by atoms with E-state index >= 15 is 0 Å². The number of hydrogen-bond acceptors (Lipinski definition) is 1. The van der Waals surface area contributed by atoms with Gasteiger partial charge in [-0.2, -0.15) is 0 Å². The molecule has 0 radical (unpaired) electrons. The first kappa shape index (κ1) is 19.1. The van der Waals surface area contributed by atoms with Crippen LogP contribution in [-0.4, -0.2) is 25.5 Å². The van der Waals surface area contributed by atoms with Crippen molar-refractivity contribution in [2.24, 2.45) is 0 Å². The molecule has 1 nitrogen and oxygen atoms in total. The van der Waals surface area contributed by atoms with Crippen LogP contribution >= 0.6 is 31.9 Å². The molecular formula is C23H21Br2N. The number of nitrogens with zero attached hydrogens (tertiary/aromatic N) is 1. The van der Waals surface area contributed by atoms with Crippen molar-refractivity contribution in [2.75, 3.05) is 20.6 Å². The van der Waals surface area contributed by atoms with Gasteiger partial charge in [0.15, 0.2) is 0 Å². The zero-order valence-corrected chi connectivity index (χ0v) is 18.1. The number of rotatable bonds is 5. The Morgan fingerprint density at radius 2 is 1.08 bits per heavy atom. The smallest absolute Gasteiger partial charge is 0.0175 e. The Labute approximate surface area is 172 Å². The summed E-state index contributed by atoms with van der Waals surface area (Å²) in [4.78, 5) is 2.18. The van der Waals surface area contributed by atoms with Crippen LogP contribution in [0.15, 0.2) is 87.8 Å². The number of benzene rings is 3. The van der Waals surface area contributed by atoms with Gasteiger partial charge in [-0.1, -0.05) is 86.5 Å². The van der Waals surface area contributed by atoms with Gasteiger partial charge in [0.05, 0.1) is 0 Å². The number of halogens is 2. The van der Waals surface area contributed by atoms with Gasteiger partial charge in [-0.3, -0.25) is 0 Å². The van der Waals surface area contributed by atoms with Crippen molar-refractivity contribution < 1.29 is 0 Å². The second-order valence-corrected chi connectivity index (χ2v) is 8.30. The molecule has 0 bridgehead atoms. The molecule has 0 aromatic heterocycles. The monoisotopic (exact) mass is 469 g/mol. The van der Waals surface area contributed by atoms with Gasteiger partial charge in [0.25, 0.3) is 0 Å². The van der Waals surface area contributed by atoms with Crippen LogP contribution in [0.5, 0.6) is 0 Å². The van der Waals surface area contributed by atoms with Gasteiger partial charge in [-0.15, -0.1) is 0 Å². The Bertz CT molecular complexity index is 877. The third-order valence-electron chi connectivity index (χ3n) is 4.19. The lowest BCUT2D eigenvalue weighted by Gasteiger charge is -2.13. The summed E-state index contributed by atoms with van der Waals surface area (Å²) < 4.78 is 2.20. The molecule has 0 unspecified atom stereocenters. The molecule has 0 aliphatic rings. The second-order valence-electron chi connectivity index (χ2n) is 6.47. The van der Waals surface area contributed by atoms with E-state index < -0.39 is 0 Å². The molecule has 0 saturated heterocycles. The lowest BCUT2D eigenvalue weighted by atomic mass is 9.95. The minimum absolute atomic E-state index is 0.903. The van der Waals surface area contributed by atoms with E-state index in [1.54, 1.807) is 0 Å². The summed E-state index contributed by atoms with van der Waals surface area (Å²) in [6.07, 6.45) is 2.29. The van der Waals surface area contributed by atoms with Crippen molar-refractivity contribution in [1.82, 2.24) is 4.90 Å². The fourth-order valence-corrected chi connectivity index (χ4v) is 3.32. The molecule has 132 valence electrons. The minimum atomic E-state index is 0.903. The topological polar surface area (TPSA) is 3.24 Å². The summed E-state index contributed by atoms with van der Waals surface area (Å²) in [5.41, 5.74) is 6.17. The predicted octanol–water partition coefficient (Wildman–Crippen LogP) is 6.87. The molecule has 3 aromatic rings. The first-order valence-electron chi connectivity index (χ1n) is 8.50. The highest BCUT2D eigenvalue weighted by atomic mass is 79.9. The van der Waals surface area contributed by atoms with E-state index in [0.717, 1.165) is 15.5 Å². The molecule has 26 heavy (non-hydrogen) atoms. The molecule has 0 fully saturated rings. The quantitative estimate of drug-likeness (QED) is 0.393. The zero-order chi connectivity index (χ0) is 18.5. The summed E-state index contributed by atoms with van der Waals surface area (Å²) in [6.45, 7) is 0.903. The molecule has 0 aliphatic carbocycles. The van der Waals surface area contributed by atoms with Gasteiger partial charge >= 0.3 is 0 Å². The molecule has 3 heteroatoms. The van der Waals surface area contributed by atoms with E-state index in [9.17, 15) is 0 Å². The molecule has 0 atom stereocenters. The van der Waals surface area contributed by atoms with Crippen molar-refractivity contribution in [3.8, 4) is 11.1 Å². The predicted molar refractivity (Wildman–Crippen MR) is 119 cm³/mol. The highest BCUT2D eigenvalue weighted by Gasteiger charge is 2.06. The third kappa shape index (κ3) is 4.94. The average molecular weight is 471 g/mol. The SMILES string of the molecule is CN(C)C/C=C(\c1ccc(Br)cc1)c1ccc(-c2ccc(Br)cc2)cc1. The van der Waals surface area contributed by atoms with Gasteiger partial charge in [-0.05, 0) is 66.2 Å². The molecular weight excluding hydrogens is 450 g/mol. The third-order valence-corrected chi connectivity index (χ3v) is 5.25. The molecule has 0 spiro atoms. The second kappa shape index (κ2) is 8.81. The minimum Gasteiger partial charge on any atom is -0.306 e. The Balaban J connectivity index is 1.94. The van der Waals surface area contributed by atoms with Crippen molar-refractivity contribution >= 4 is 37.4 Å². The number of hydrogen-bond donors (Lipinski definition) is 0. The first-order valence-corrected chi connectivity index (χ1v) is 10.1. The number of likely N-dealkylation sites (N-methyl/N-ethyl adjacent to an activating group) is 1. The van der Waals surface area contributed by atoms with E-state index in [1.807, 2.05) is 0 Å². The largest absolute Gasteiger partial charge is 0.306 e. The maximum atomic E-state index is 3.52. The Hall–Kier alpha value is -1.68.